The van der Waals surface area contributed by atoms with Gasteiger partial charge >= 0.3 is 0 Å². The summed E-state index contributed by atoms with van der Waals surface area (Å²) in [4.78, 5) is 7.29. The first-order valence-corrected chi connectivity index (χ1v) is 6.06. The molecule has 0 aliphatic heterocycles. The maximum atomic E-state index is 5.18. The van der Waals surface area contributed by atoms with Crippen molar-refractivity contribution >= 4 is 21.6 Å². The van der Waals surface area contributed by atoms with Crippen molar-refractivity contribution in [2.45, 2.75) is 13.5 Å². The highest BCUT2D eigenvalue weighted by Crippen LogP contribution is 2.27. The highest BCUT2D eigenvalue weighted by molar-refractivity contribution is 9.10. The van der Waals surface area contributed by atoms with Crippen molar-refractivity contribution in [1.29, 1.82) is 0 Å². The number of ether oxygens (including phenoxy) is 1. The van der Waals surface area contributed by atoms with Crippen LogP contribution in [-0.2, 0) is 6.54 Å². The second-order valence-corrected chi connectivity index (χ2v) is 4.53. The number of methoxy groups -OCH3 is 1. The smallest absolute Gasteiger partial charge is 0.133 e. The molecule has 2 aromatic rings. The molecule has 0 aliphatic carbocycles. The third-order valence-electron chi connectivity index (χ3n) is 2.55. The zero-order valence-electron chi connectivity index (χ0n) is 9.75. The lowest BCUT2D eigenvalue weighted by Gasteiger charge is -2.08. The van der Waals surface area contributed by atoms with E-state index in [2.05, 4.69) is 31.2 Å². The van der Waals surface area contributed by atoms with Gasteiger partial charge in [0.2, 0.25) is 0 Å². The number of rotatable bonds is 4. The average Bonchev–Trinajstić information content (AvgIpc) is 2.72. The van der Waals surface area contributed by atoms with E-state index in [0.29, 0.717) is 6.54 Å². The summed E-state index contributed by atoms with van der Waals surface area (Å²) in [6.07, 6.45) is 1.70. The number of H-pyrrole nitrogens is 1. The largest absolute Gasteiger partial charge is 0.496 e. The van der Waals surface area contributed by atoms with E-state index < -0.39 is 0 Å². The van der Waals surface area contributed by atoms with Crippen molar-refractivity contribution in [2.24, 2.45) is 0 Å². The predicted molar refractivity (Wildman–Crippen MR) is 71.3 cm³/mol. The van der Waals surface area contributed by atoms with Crippen molar-refractivity contribution in [1.82, 2.24) is 9.97 Å². The summed E-state index contributed by atoms with van der Waals surface area (Å²) in [6, 6.07) is 5.89. The number of aryl methyl sites for hydroxylation is 1. The number of halogens is 1. The Bertz CT molecular complexity index is 510. The summed E-state index contributed by atoms with van der Waals surface area (Å²) in [5, 5.41) is 3.31. The first-order chi connectivity index (χ1) is 8.20. The van der Waals surface area contributed by atoms with Crippen LogP contribution in [0.25, 0.3) is 0 Å². The minimum Gasteiger partial charge on any atom is -0.496 e. The molecule has 1 aromatic carbocycles. The van der Waals surface area contributed by atoms with E-state index in [1.807, 2.05) is 25.1 Å². The minimum atomic E-state index is 0.702. The first kappa shape index (κ1) is 12.0. The quantitative estimate of drug-likeness (QED) is 0.911. The molecule has 4 nitrogen and oxygen atoms in total. The molecule has 0 saturated carbocycles. The summed E-state index contributed by atoms with van der Waals surface area (Å²) in [7, 11) is 1.65. The van der Waals surface area contributed by atoms with Gasteiger partial charge in [-0.05, 0) is 41.1 Å². The molecule has 0 fully saturated rings. The normalized spacial score (nSPS) is 10.3. The summed E-state index contributed by atoms with van der Waals surface area (Å²) >= 11 is 3.45. The van der Waals surface area contributed by atoms with Crippen LogP contribution in [0.15, 0.2) is 29.0 Å². The number of benzene rings is 1. The van der Waals surface area contributed by atoms with Crippen LogP contribution in [0, 0.1) is 6.92 Å². The summed E-state index contributed by atoms with van der Waals surface area (Å²) in [5.74, 6) is 0.825. The van der Waals surface area contributed by atoms with E-state index >= 15 is 0 Å². The molecular formula is C12H14BrN3O. The van der Waals surface area contributed by atoms with Gasteiger partial charge in [0.1, 0.15) is 5.75 Å². The number of aromatic nitrogens is 2. The molecule has 1 heterocycles. The van der Waals surface area contributed by atoms with Gasteiger partial charge in [0.25, 0.3) is 0 Å². The maximum Gasteiger partial charge on any atom is 0.133 e. The molecular weight excluding hydrogens is 282 g/mol. The first-order valence-electron chi connectivity index (χ1n) is 5.27. The van der Waals surface area contributed by atoms with Gasteiger partial charge < -0.3 is 15.0 Å². The van der Waals surface area contributed by atoms with E-state index in [-0.39, 0.29) is 0 Å². The Morgan fingerprint density at radius 1 is 1.47 bits per heavy atom. The van der Waals surface area contributed by atoms with Gasteiger partial charge in [-0.2, -0.15) is 0 Å². The van der Waals surface area contributed by atoms with Crippen LogP contribution in [0.4, 0.5) is 5.69 Å². The van der Waals surface area contributed by atoms with Crippen LogP contribution < -0.4 is 10.1 Å². The topological polar surface area (TPSA) is 49.9 Å². The predicted octanol–water partition coefficient (Wildman–Crippen LogP) is 3.10. The molecule has 1 aromatic heterocycles. The second kappa shape index (κ2) is 5.23. The Kier molecular flexibility index (Phi) is 3.68. The molecule has 0 unspecified atom stereocenters. The zero-order valence-corrected chi connectivity index (χ0v) is 11.3. The number of anilines is 1. The average molecular weight is 296 g/mol. The number of hydrogen-bond donors (Lipinski definition) is 2. The molecule has 5 heteroatoms. The summed E-state index contributed by atoms with van der Waals surface area (Å²) in [5.41, 5.74) is 3.14. The molecule has 2 rings (SSSR count). The Morgan fingerprint density at radius 2 is 2.29 bits per heavy atom. The molecule has 0 saturated heterocycles. The van der Waals surface area contributed by atoms with Crippen LogP contribution >= 0.6 is 15.9 Å². The van der Waals surface area contributed by atoms with E-state index in [0.717, 1.165) is 27.3 Å². The van der Waals surface area contributed by atoms with Gasteiger partial charge in [0.05, 0.1) is 30.1 Å². The lowest BCUT2D eigenvalue weighted by molar-refractivity contribution is 0.412. The van der Waals surface area contributed by atoms with Crippen molar-refractivity contribution in [3.05, 3.63) is 40.4 Å². The summed E-state index contributed by atoms with van der Waals surface area (Å²) in [6.45, 7) is 2.71. The lowest BCUT2D eigenvalue weighted by Crippen LogP contribution is -2.01. The Labute approximate surface area is 109 Å². The molecule has 90 valence electrons. The molecule has 0 bridgehead atoms. The Morgan fingerprint density at radius 3 is 2.88 bits per heavy atom. The fourth-order valence-corrected chi connectivity index (χ4v) is 2.07. The van der Waals surface area contributed by atoms with Gasteiger partial charge in [-0.3, -0.25) is 0 Å². The highest BCUT2D eigenvalue weighted by Gasteiger charge is 2.03. The SMILES string of the molecule is COc1ccc(NCc2nc[nH]c2C)cc1Br. The monoisotopic (exact) mass is 295 g/mol. The van der Waals surface area contributed by atoms with Crippen molar-refractivity contribution in [3.63, 3.8) is 0 Å². The van der Waals surface area contributed by atoms with Crippen LogP contribution in [0.3, 0.4) is 0 Å². The molecule has 17 heavy (non-hydrogen) atoms. The van der Waals surface area contributed by atoms with Crippen molar-refractivity contribution in [2.75, 3.05) is 12.4 Å². The highest BCUT2D eigenvalue weighted by atomic mass is 79.9. The Balaban J connectivity index is 2.05. The maximum absolute atomic E-state index is 5.18. The van der Waals surface area contributed by atoms with E-state index in [4.69, 9.17) is 4.74 Å². The molecule has 0 atom stereocenters. The van der Waals surface area contributed by atoms with Gasteiger partial charge in [0.15, 0.2) is 0 Å². The standard InChI is InChI=1S/C12H14BrN3O/c1-8-11(16-7-15-8)6-14-9-3-4-12(17-2)10(13)5-9/h3-5,7,14H,6H2,1-2H3,(H,15,16). The van der Waals surface area contributed by atoms with E-state index in [9.17, 15) is 0 Å². The molecule has 0 radical (unpaired) electrons. The van der Waals surface area contributed by atoms with Crippen molar-refractivity contribution in [3.8, 4) is 5.75 Å². The molecule has 2 N–H and O–H groups in total. The third kappa shape index (κ3) is 2.79. The Hall–Kier alpha value is -1.49. The number of nitrogens with one attached hydrogen (secondary N) is 2. The zero-order chi connectivity index (χ0) is 12.3. The van der Waals surface area contributed by atoms with Crippen molar-refractivity contribution < 1.29 is 4.74 Å². The fourth-order valence-electron chi connectivity index (χ4n) is 1.53. The minimum absolute atomic E-state index is 0.702. The molecule has 0 spiro atoms. The van der Waals surface area contributed by atoms with Crippen LogP contribution in [-0.4, -0.2) is 17.1 Å². The van der Waals surface area contributed by atoms with E-state index in [1.54, 1.807) is 13.4 Å². The van der Waals surface area contributed by atoms with Crippen LogP contribution in [0.1, 0.15) is 11.4 Å². The number of imidazole rings is 1. The van der Waals surface area contributed by atoms with Crippen LogP contribution in [0.2, 0.25) is 0 Å². The fraction of sp³-hybridized carbons (Fsp3) is 0.250. The lowest BCUT2D eigenvalue weighted by atomic mass is 10.3. The van der Waals surface area contributed by atoms with Gasteiger partial charge in [0, 0.05) is 11.4 Å². The molecule has 0 aliphatic rings. The van der Waals surface area contributed by atoms with Crippen LogP contribution in [0.5, 0.6) is 5.75 Å². The number of nitrogens with zero attached hydrogens (tertiary/aromatic N) is 1. The number of aromatic amines is 1. The number of hydrogen-bond acceptors (Lipinski definition) is 3. The van der Waals surface area contributed by atoms with Gasteiger partial charge in [-0.1, -0.05) is 0 Å². The second-order valence-electron chi connectivity index (χ2n) is 3.68. The van der Waals surface area contributed by atoms with Gasteiger partial charge in [-0.15, -0.1) is 0 Å². The van der Waals surface area contributed by atoms with E-state index in [1.165, 1.54) is 0 Å². The summed E-state index contributed by atoms with van der Waals surface area (Å²) < 4.78 is 6.11. The molecule has 0 amide bonds. The van der Waals surface area contributed by atoms with Gasteiger partial charge in [-0.25, -0.2) is 4.98 Å². The third-order valence-corrected chi connectivity index (χ3v) is 3.17.